The van der Waals surface area contributed by atoms with Gasteiger partial charge in [0.05, 0.1) is 4.92 Å². The van der Waals surface area contributed by atoms with Crippen LogP contribution in [0, 0.1) is 10.1 Å². The molecule has 2 rings (SSSR count). The van der Waals surface area contributed by atoms with Gasteiger partial charge < -0.3 is 18.1 Å². The van der Waals surface area contributed by atoms with Gasteiger partial charge in [0.2, 0.25) is 12.3 Å². The number of amides is 1. The van der Waals surface area contributed by atoms with E-state index >= 15 is 0 Å². The highest BCUT2D eigenvalue weighted by Gasteiger charge is 2.16. The van der Waals surface area contributed by atoms with E-state index < -0.39 is 10.8 Å². The van der Waals surface area contributed by atoms with Crippen molar-refractivity contribution < 1.29 is 31.5 Å². The van der Waals surface area contributed by atoms with E-state index in [1.165, 1.54) is 41.1 Å². The second kappa shape index (κ2) is 7.28. The van der Waals surface area contributed by atoms with Gasteiger partial charge in [-0.05, 0) is 6.07 Å². The average Bonchev–Trinajstić information content (AvgIpc) is 2.47. The molecule has 0 spiro atoms. The van der Waals surface area contributed by atoms with Crippen molar-refractivity contribution in [2.45, 2.75) is 6.54 Å². The van der Waals surface area contributed by atoms with E-state index in [1.807, 2.05) is 0 Å². The highest BCUT2D eigenvalue weighted by Crippen LogP contribution is 2.13. The van der Waals surface area contributed by atoms with Crippen molar-refractivity contribution in [1.29, 1.82) is 0 Å². The minimum atomic E-state index is -0.591. The molecule has 1 heterocycles. The Bertz CT molecular complexity index is 734. The van der Waals surface area contributed by atoms with Crippen LogP contribution in [-0.2, 0) is 6.54 Å². The van der Waals surface area contributed by atoms with Gasteiger partial charge in [-0.2, -0.15) is 4.57 Å². The molecule has 8 heteroatoms. The molecule has 1 amide bonds. The lowest BCUT2D eigenvalue weighted by atomic mass is 10.1. The van der Waals surface area contributed by atoms with E-state index in [0.717, 1.165) is 0 Å². The maximum Gasteiger partial charge on any atom is 0.270 e. The molecule has 0 saturated heterocycles. The van der Waals surface area contributed by atoms with Crippen LogP contribution in [0.3, 0.4) is 0 Å². The Labute approximate surface area is 131 Å². The predicted octanol–water partition coefficient (Wildman–Crippen LogP) is -2.13. The number of rotatable bonds is 5. The Morgan fingerprint density at radius 3 is 2.50 bits per heavy atom. The fourth-order valence-electron chi connectivity index (χ4n) is 1.82. The average molecular weight is 322 g/mol. The Hall–Kier alpha value is -2.80. The van der Waals surface area contributed by atoms with Crippen molar-refractivity contribution in [3.05, 3.63) is 70.0 Å². The number of non-ortho nitro benzene ring substituents is 1. The number of aromatic nitrogens is 1. The highest BCUT2D eigenvalue weighted by molar-refractivity contribution is 5.95. The monoisotopic (exact) mass is 321 g/mol. The summed E-state index contributed by atoms with van der Waals surface area (Å²) in [6.45, 7) is -0.0394. The summed E-state index contributed by atoms with van der Waals surface area (Å²) in [4.78, 5) is 33.3. The molecule has 1 aromatic heterocycles. The molecule has 7 nitrogen and oxygen atoms in total. The second-order valence-electron chi connectivity index (χ2n) is 4.36. The van der Waals surface area contributed by atoms with E-state index in [2.05, 4.69) is 0 Å². The molecule has 22 heavy (non-hydrogen) atoms. The number of hydrogen-bond donors (Lipinski definition) is 1. The van der Waals surface area contributed by atoms with Crippen LogP contribution in [0.5, 0.6) is 0 Å². The van der Waals surface area contributed by atoms with Crippen LogP contribution >= 0.6 is 0 Å². The minimum absolute atomic E-state index is 0. The highest BCUT2D eigenvalue weighted by atomic mass is 35.5. The zero-order valence-electron chi connectivity index (χ0n) is 11.3. The molecule has 0 radical (unpaired) electrons. The molecule has 0 unspecified atom stereocenters. The van der Waals surface area contributed by atoms with Crippen LogP contribution in [0.15, 0.2) is 48.8 Å². The first-order valence-electron chi connectivity index (χ1n) is 6.04. The number of nitrogens with two attached hydrogens (primary N) is 1. The topological polar surface area (TPSA) is 107 Å². The zero-order chi connectivity index (χ0) is 15.4. The number of halogens is 1. The molecule has 0 aliphatic rings. The normalized spacial score (nSPS) is 9.64. The van der Waals surface area contributed by atoms with Crippen LogP contribution in [0.2, 0.25) is 0 Å². The van der Waals surface area contributed by atoms with E-state index in [-0.39, 0.29) is 41.5 Å². The van der Waals surface area contributed by atoms with Crippen molar-refractivity contribution in [1.82, 2.24) is 0 Å². The molecule has 0 aliphatic carbocycles. The van der Waals surface area contributed by atoms with Gasteiger partial charge in [-0.3, -0.25) is 19.7 Å². The number of ketones is 1. The molecular weight excluding hydrogens is 310 g/mol. The van der Waals surface area contributed by atoms with E-state index in [9.17, 15) is 19.7 Å². The van der Waals surface area contributed by atoms with Gasteiger partial charge in [0.1, 0.15) is 5.56 Å². The molecule has 0 fully saturated rings. The summed E-state index contributed by atoms with van der Waals surface area (Å²) < 4.78 is 1.50. The lowest BCUT2D eigenvalue weighted by Crippen LogP contribution is -3.00. The smallest absolute Gasteiger partial charge is 0.270 e. The van der Waals surface area contributed by atoms with Crippen molar-refractivity contribution in [3.8, 4) is 0 Å². The summed E-state index contributed by atoms with van der Waals surface area (Å²) in [5, 5.41) is 10.7. The number of nitro benzene ring substituents is 1. The number of nitrogens with zero attached hydrogens (tertiary/aromatic N) is 2. The molecule has 1 aromatic carbocycles. The first kappa shape index (κ1) is 17.3. The van der Waals surface area contributed by atoms with Crippen LogP contribution in [0.4, 0.5) is 5.69 Å². The number of nitro groups is 1. The quantitative estimate of drug-likeness (QED) is 0.294. The van der Waals surface area contributed by atoms with Crippen molar-refractivity contribution >= 4 is 17.4 Å². The Morgan fingerprint density at radius 1 is 1.18 bits per heavy atom. The Kier molecular flexibility index (Phi) is 5.71. The Balaban J connectivity index is 0.00000242. The second-order valence-corrected chi connectivity index (χ2v) is 4.36. The van der Waals surface area contributed by atoms with Crippen LogP contribution in [-0.4, -0.2) is 16.6 Å². The summed E-state index contributed by atoms with van der Waals surface area (Å²) in [6, 6.07) is 8.64. The summed E-state index contributed by atoms with van der Waals surface area (Å²) in [6.07, 6.45) is 3.07. The number of pyridine rings is 1. The van der Waals surface area contributed by atoms with Gasteiger partial charge in [-0.25, -0.2) is 0 Å². The van der Waals surface area contributed by atoms with Gasteiger partial charge in [0.15, 0.2) is 12.4 Å². The summed E-state index contributed by atoms with van der Waals surface area (Å²) in [7, 11) is 0. The molecule has 2 N–H and O–H groups in total. The predicted molar refractivity (Wildman–Crippen MR) is 72.6 cm³/mol. The number of carbonyl (C=O) groups excluding carboxylic acids is 2. The van der Waals surface area contributed by atoms with Crippen molar-refractivity contribution in [2.75, 3.05) is 0 Å². The van der Waals surface area contributed by atoms with Crippen LogP contribution in [0.25, 0.3) is 0 Å². The molecular formula is C14H12ClN3O4. The maximum atomic E-state index is 12.1. The van der Waals surface area contributed by atoms with Gasteiger partial charge in [0.25, 0.3) is 11.6 Å². The third-order valence-electron chi connectivity index (χ3n) is 2.85. The molecule has 114 valence electrons. The van der Waals surface area contributed by atoms with Gasteiger partial charge in [-0.15, -0.1) is 0 Å². The number of Topliss-reactive ketones (excluding diaryl/α,β-unsaturated/α-hetero) is 1. The van der Waals surface area contributed by atoms with E-state index in [0.29, 0.717) is 0 Å². The third-order valence-corrected chi connectivity index (χ3v) is 2.85. The fraction of sp³-hybridized carbons (Fsp3) is 0.0714. The number of hydrogen-bond acceptors (Lipinski definition) is 4. The number of primary amides is 1. The molecule has 0 saturated carbocycles. The molecule has 0 bridgehead atoms. The van der Waals surface area contributed by atoms with Crippen molar-refractivity contribution in [3.63, 3.8) is 0 Å². The Morgan fingerprint density at radius 2 is 1.86 bits per heavy atom. The van der Waals surface area contributed by atoms with Crippen LogP contribution < -0.4 is 22.7 Å². The third kappa shape index (κ3) is 4.10. The zero-order valence-corrected chi connectivity index (χ0v) is 12.1. The van der Waals surface area contributed by atoms with E-state index in [4.69, 9.17) is 5.73 Å². The van der Waals surface area contributed by atoms with Crippen LogP contribution in [0.1, 0.15) is 20.7 Å². The summed E-state index contributed by atoms with van der Waals surface area (Å²) >= 11 is 0. The first-order valence-corrected chi connectivity index (χ1v) is 6.04. The van der Waals surface area contributed by atoms with Gasteiger partial charge in [0, 0.05) is 23.8 Å². The first-order chi connectivity index (χ1) is 9.97. The van der Waals surface area contributed by atoms with Gasteiger partial charge >= 0.3 is 0 Å². The van der Waals surface area contributed by atoms with Gasteiger partial charge in [-0.1, -0.05) is 12.1 Å². The largest absolute Gasteiger partial charge is 1.00 e. The molecule has 0 aliphatic heterocycles. The molecule has 0 atom stereocenters. The number of carbonyl (C=O) groups is 2. The lowest BCUT2D eigenvalue weighted by molar-refractivity contribution is -0.683. The lowest BCUT2D eigenvalue weighted by Gasteiger charge is -1.99. The fourth-order valence-corrected chi connectivity index (χ4v) is 1.82. The van der Waals surface area contributed by atoms with E-state index in [1.54, 1.807) is 12.3 Å². The summed E-state index contributed by atoms with van der Waals surface area (Å²) in [5.74, 6) is -0.891. The number of benzene rings is 1. The van der Waals surface area contributed by atoms with Crippen molar-refractivity contribution in [2.24, 2.45) is 5.73 Å². The maximum absolute atomic E-state index is 12.1. The standard InChI is InChI=1S/C14H11N3O4.ClH/c15-14(19)11-4-2-6-16(8-11)9-13(18)10-3-1-5-12(7-10)17(20)21;/h1-8H,9H2,(H-,15,19);1H. The molecule has 2 aromatic rings. The minimum Gasteiger partial charge on any atom is -1.00 e. The summed E-state index contributed by atoms with van der Waals surface area (Å²) in [5.41, 5.74) is 5.54. The SMILES string of the molecule is NC(=O)c1ccc[n+](CC(=O)c2cccc([N+](=O)[O-])c2)c1.[Cl-].